The van der Waals surface area contributed by atoms with Crippen molar-refractivity contribution < 1.29 is 9.31 Å². The molecule has 3 heterocycles. The minimum Gasteiger partial charge on any atom is -0.404 e. The Kier molecular flexibility index (Phi) is 2.79. The maximum Gasteiger partial charge on any atom is 0.484 e. The van der Waals surface area contributed by atoms with Crippen LogP contribution in [0.2, 0.25) is 0 Å². The normalized spacial score (nSPS) is 42.4. The third-order valence-electron chi connectivity index (χ3n) is 7.38. The third-order valence-corrected chi connectivity index (χ3v) is 7.38. The number of hydrogen-bond donors (Lipinski definition) is 1. The molecule has 2 aliphatic heterocycles. The highest BCUT2D eigenvalue weighted by Crippen LogP contribution is 2.66. The second-order valence-corrected chi connectivity index (χ2v) is 8.75. The fourth-order valence-electron chi connectivity index (χ4n) is 5.85. The van der Waals surface area contributed by atoms with Gasteiger partial charge >= 0.3 is 18.5 Å². The van der Waals surface area contributed by atoms with Crippen molar-refractivity contribution in [3.8, 4) is 0 Å². The quantitative estimate of drug-likeness (QED) is 0.776. The van der Waals surface area contributed by atoms with Crippen LogP contribution in [0.5, 0.6) is 0 Å². The van der Waals surface area contributed by atoms with Crippen molar-refractivity contribution in [3.63, 3.8) is 0 Å². The van der Waals surface area contributed by atoms with E-state index in [0.29, 0.717) is 23.8 Å². The summed E-state index contributed by atoms with van der Waals surface area (Å²) in [4.78, 5) is 26.5. The molecule has 5 aliphatic rings. The minimum atomic E-state index is -0.449. The molecule has 2 bridgehead atoms. The Morgan fingerprint density at radius 2 is 2.00 bits per heavy atom. The largest absolute Gasteiger partial charge is 0.484 e. The molecule has 0 radical (unpaired) electrons. The number of rotatable bonds is 1. The van der Waals surface area contributed by atoms with Gasteiger partial charge in [0.25, 0.3) is 0 Å². The number of aromatic nitrogens is 3. The van der Waals surface area contributed by atoms with E-state index in [4.69, 9.17) is 9.31 Å². The van der Waals surface area contributed by atoms with Crippen molar-refractivity contribution in [2.75, 3.05) is 0 Å². The molecular weight excluding hydrogens is 309 g/mol. The lowest BCUT2D eigenvalue weighted by molar-refractivity contribution is -0.199. The van der Waals surface area contributed by atoms with Gasteiger partial charge in [-0.1, -0.05) is 13.8 Å². The molecule has 0 aromatic carbocycles. The third kappa shape index (κ3) is 1.66. The molecule has 1 N–H and O–H groups in total. The summed E-state index contributed by atoms with van der Waals surface area (Å²) in [7, 11) is -0.449. The summed E-state index contributed by atoms with van der Waals surface area (Å²) in [5, 5.41) is 0. The molecule has 1 saturated heterocycles. The van der Waals surface area contributed by atoms with E-state index in [1.165, 1.54) is 15.8 Å². The predicted molar refractivity (Wildman–Crippen MR) is 87.7 cm³/mol. The van der Waals surface area contributed by atoms with E-state index in [1.807, 2.05) is 0 Å². The van der Waals surface area contributed by atoms with Crippen molar-refractivity contribution in [2.24, 2.45) is 17.3 Å². The van der Waals surface area contributed by atoms with Crippen molar-refractivity contribution in [1.29, 1.82) is 0 Å². The van der Waals surface area contributed by atoms with Gasteiger partial charge in [0.15, 0.2) is 0 Å². The highest BCUT2D eigenvalue weighted by atomic mass is 16.7. The molecule has 1 aromatic heterocycles. The fraction of sp³-hybridized carbons (Fsp3) is 0.875. The molecule has 7 nitrogen and oxygen atoms in total. The van der Waals surface area contributed by atoms with Crippen LogP contribution in [0.25, 0.3) is 0 Å². The summed E-state index contributed by atoms with van der Waals surface area (Å²) in [5.74, 6) is 0.961. The first-order valence-electron chi connectivity index (χ1n) is 9.07. The van der Waals surface area contributed by atoms with E-state index in [2.05, 4.69) is 25.8 Å². The van der Waals surface area contributed by atoms with Gasteiger partial charge in [-0.2, -0.15) is 0 Å². The Bertz CT molecular complexity index is 811. The van der Waals surface area contributed by atoms with Crippen molar-refractivity contribution in [2.45, 2.75) is 70.6 Å². The lowest BCUT2D eigenvalue weighted by atomic mass is 9.43. The Balaban J connectivity index is 1.49. The van der Waals surface area contributed by atoms with E-state index in [-0.39, 0.29) is 29.0 Å². The lowest BCUT2D eigenvalue weighted by Crippen LogP contribution is -2.65. The van der Waals surface area contributed by atoms with Gasteiger partial charge in [0.05, 0.1) is 17.6 Å². The Labute approximate surface area is 140 Å². The van der Waals surface area contributed by atoms with Crippen molar-refractivity contribution >= 4 is 7.12 Å². The molecule has 0 spiro atoms. The highest BCUT2D eigenvalue weighted by Gasteiger charge is 2.68. The second-order valence-electron chi connectivity index (χ2n) is 8.75. The van der Waals surface area contributed by atoms with E-state index in [9.17, 15) is 9.59 Å². The first kappa shape index (κ1) is 15.0. The zero-order valence-electron chi connectivity index (χ0n) is 14.4. The summed E-state index contributed by atoms with van der Waals surface area (Å²) in [6.07, 6.45) is 3.97. The van der Waals surface area contributed by atoms with Gasteiger partial charge in [-0.05, 0) is 49.9 Å². The van der Waals surface area contributed by atoms with Gasteiger partial charge in [0.1, 0.15) is 0 Å². The van der Waals surface area contributed by atoms with Crippen LogP contribution >= 0.6 is 0 Å². The van der Waals surface area contributed by atoms with Gasteiger partial charge in [-0.25, -0.2) is 19.0 Å². The maximum absolute atomic E-state index is 12.2. The summed E-state index contributed by atoms with van der Waals surface area (Å²) < 4.78 is 15.8. The monoisotopic (exact) mass is 333 g/mol. The Hall–Kier alpha value is -1.28. The molecule has 8 heteroatoms. The van der Waals surface area contributed by atoms with E-state index >= 15 is 0 Å². The van der Waals surface area contributed by atoms with Crippen LogP contribution in [0.4, 0.5) is 0 Å². The van der Waals surface area contributed by atoms with Crippen LogP contribution in [0.1, 0.15) is 52.4 Å². The molecule has 3 aliphatic carbocycles. The number of fused-ring (bicyclic) bond motifs is 1. The van der Waals surface area contributed by atoms with Gasteiger partial charge in [0, 0.05) is 6.54 Å². The van der Waals surface area contributed by atoms with Gasteiger partial charge in [-0.3, -0.25) is 4.98 Å². The van der Waals surface area contributed by atoms with Crippen LogP contribution < -0.4 is 11.4 Å². The molecule has 0 amide bonds. The fourth-order valence-corrected chi connectivity index (χ4v) is 5.85. The van der Waals surface area contributed by atoms with Gasteiger partial charge < -0.3 is 9.31 Å². The first-order chi connectivity index (χ1) is 11.3. The Morgan fingerprint density at radius 1 is 1.21 bits per heavy atom. The number of H-pyrrole nitrogens is 1. The first-order valence-corrected chi connectivity index (χ1v) is 9.07. The minimum absolute atomic E-state index is 0.0935. The molecule has 6 rings (SSSR count). The molecule has 3 saturated carbocycles. The van der Waals surface area contributed by atoms with E-state index < -0.39 is 7.12 Å². The van der Waals surface area contributed by atoms with Gasteiger partial charge in [0.2, 0.25) is 0 Å². The smallest absolute Gasteiger partial charge is 0.404 e. The zero-order chi connectivity index (χ0) is 16.9. The maximum atomic E-state index is 12.2. The summed E-state index contributed by atoms with van der Waals surface area (Å²) in [6.45, 7) is 7.41. The molecule has 1 aromatic rings. The number of nitrogens with zero attached hydrogens (tertiary/aromatic N) is 2. The number of aromatic amines is 1. The molecule has 130 valence electrons. The zero-order valence-corrected chi connectivity index (χ0v) is 14.4. The average molecular weight is 333 g/mol. The SMILES string of the molecule is CC1(C)C2CC1[C@]1(C)OB([C@@H]3CCCn4c(=O)[nH]c(=O)n43)O[C@@H]1C2. The number of nitrogens with one attached hydrogen (secondary N) is 1. The van der Waals surface area contributed by atoms with Crippen molar-refractivity contribution in [1.82, 2.24) is 14.3 Å². The lowest BCUT2D eigenvalue weighted by Gasteiger charge is -2.64. The molecule has 24 heavy (non-hydrogen) atoms. The van der Waals surface area contributed by atoms with Crippen LogP contribution in [0.3, 0.4) is 0 Å². The molecular formula is C16H24BN3O4. The summed E-state index contributed by atoms with van der Waals surface area (Å²) >= 11 is 0. The van der Waals surface area contributed by atoms with Crippen LogP contribution in [-0.2, 0) is 15.9 Å². The van der Waals surface area contributed by atoms with E-state index in [0.717, 1.165) is 19.3 Å². The average Bonchev–Trinajstić information content (AvgIpc) is 3.03. The van der Waals surface area contributed by atoms with Crippen molar-refractivity contribution in [3.05, 3.63) is 21.0 Å². The predicted octanol–water partition coefficient (Wildman–Crippen LogP) is 0.940. The standard InChI is InChI=1S/C16H24BN3O4/c1-15(2)9-7-10(15)16(3)11(8-9)23-17(24-16)12-5-4-6-19-13(21)18-14(22)20(12)19/h9-12H,4-8H2,1-3H3,(H,18,21,22)/t9?,10?,11-,12+,16+/m1/s1. The molecule has 2 unspecified atom stereocenters. The molecule has 5 atom stereocenters. The Morgan fingerprint density at radius 3 is 2.75 bits per heavy atom. The van der Waals surface area contributed by atoms with Gasteiger partial charge in [-0.15, -0.1) is 0 Å². The van der Waals surface area contributed by atoms with Crippen LogP contribution in [0, 0.1) is 17.3 Å². The highest BCUT2D eigenvalue weighted by molar-refractivity contribution is 6.46. The second kappa shape index (κ2) is 4.46. The van der Waals surface area contributed by atoms with E-state index in [1.54, 1.807) is 0 Å². The topological polar surface area (TPSA) is 78.3 Å². The van der Waals surface area contributed by atoms with Crippen LogP contribution in [0.15, 0.2) is 9.59 Å². The van der Waals surface area contributed by atoms with Crippen LogP contribution in [-0.4, -0.2) is 33.2 Å². The summed E-state index contributed by atoms with van der Waals surface area (Å²) in [6, 6.07) is 0. The molecule has 4 fully saturated rings. The summed E-state index contributed by atoms with van der Waals surface area (Å²) in [5.41, 5.74) is -0.689. The number of hydrogen-bond acceptors (Lipinski definition) is 4.